The van der Waals surface area contributed by atoms with E-state index in [2.05, 4.69) is 60.3 Å². The highest BCUT2D eigenvalue weighted by atomic mass is 32.1. The average molecular weight is 294 g/mol. The highest BCUT2D eigenvalue weighted by Crippen LogP contribution is 2.22. The number of aromatic nitrogens is 2. The first-order valence-electron chi connectivity index (χ1n) is 7.10. The van der Waals surface area contributed by atoms with Crippen molar-refractivity contribution in [2.75, 3.05) is 5.75 Å². The van der Waals surface area contributed by atoms with Crippen molar-refractivity contribution in [3.8, 4) is 11.1 Å². The molecule has 1 heterocycles. The minimum Gasteiger partial charge on any atom is -0.271 e. The Morgan fingerprint density at radius 3 is 2.24 bits per heavy atom. The second-order valence-corrected chi connectivity index (χ2v) is 5.47. The van der Waals surface area contributed by atoms with E-state index in [1.54, 1.807) is 0 Å². The zero-order valence-electron chi connectivity index (χ0n) is 11.8. The maximum Gasteiger partial charge on any atom is 0.0568 e. The van der Waals surface area contributed by atoms with E-state index in [9.17, 15) is 0 Å². The summed E-state index contributed by atoms with van der Waals surface area (Å²) in [5.74, 6) is 1.18. The molecule has 2 nitrogen and oxygen atoms in total. The van der Waals surface area contributed by atoms with Gasteiger partial charge in [-0.3, -0.25) is 4.68 Å². The lowest BCUT2D eigenvalue weighted by Gasteiger charge is -2.14. The summed E-state index contributed by atoms with van der Waals surface area (Å²) in [5, 5.41) is 4.49. The molecule has 0 aliphatic carbocycles. The molecule has 0 amide bonds. The molecule has 1 aromatic heterocycles. The number of nitrogens with zero attached hydrogens (tertiary/aromatic N) is 2. The van der Waals surface area contributed by atoms with Gasteiger partial charge in [0.2, 0.25) is 0 Å². The molecule has 0 saturated carbocycles. The first kappa shape index (κ1) is 14.0. The topological polar surface area (TPSA) is 17.8 Å². The molecular weight excluding hydrogens is 276 g/mol. The number of hydrogen-bond acceptors (Lipinski definition) is 2. The normalized spacial score (nSPS) is 12.2. The van der Waals surface area contributed by atoms with Crippen LogP contribution in [0.15, 0.2) is 73.1 Å². The van der Waals surface area contributed by atoms with E-state index in [1.165, 1.54) is 11.1 Å². The standard InChI is InChI=1S/C18H18N2S/c21-14-18(16-9-5-2-6-10-16)13-20-12-17(11-19-20)15-7-3-1-4-8-15/h1-12,18,21H,13-14H2. The molecule has 2 aromatic carbocycles. The van der Waals surface area contributed by atoms with Gasteiger partial charge in [0.1, 0.15) is 0 Å². The summed E-state index contributed by atoms with van der Waals surface area (Å²) in [7, 11) is 0. The van der Waals surface area contributed by atoms with Crippen molar-refractivity contribution in [1.29, 1.82) is 0 Å². The van der Waals surface area contributed by atoms with Crippen molar-refractivity contribution >= 4 is 12.6 Å². The highest BCUT2D eigenvalue weighted by molar-refractivity contribution is 7.80. The molecule has 0 aliphatic heterocycles. The van der Waals surface area contributed by atoms with Gasteiger partial charge < -0.3 is 0 Å². The van der Waals surface area contributed by atoms with Crippen molar-refractivity contribution in [3.05, 3.63) is 78.6 Å². The fourth-order valence-electron chi connectivity index (χ4n) is 2.46. The molecule has 0 spiro atoms. The minimum absolute atomic E-state index is 0.373. The fourth-order valence-corrected chi connectivity index (χ4v) is 2.79. The van der Waals surface area contributed by atoms with Crippen LogP contribution in [0.4, 0.5) is 0 Å². The monoisotopic (exact) mass is 294 g/mol. The highest BCUT2D eigenvalue weighted by Gasteiger charge is 2.11. The zero-order chi connectivity index (χ0) is 14.5. The van der Waals surface area contributed by atoms with Gasteiger partial charge in [-0.15, -0.1) is 0 Å². The molecule has 3 aromatic rings. The quantitative estimate of drug-likeness (QED) is 0.696. The Morgan fingerprint density at radius 2 is 1.57 bits per heavy atom. The van der Waals surface area contributed by atoms with Crippen molar-refractivity contribution < 1.29 is 0 Å². The molecule has 0 saturated heterocycles. The molecule has 0 aliphatic rings. The van der Waals surface area contributed by atoms with E-state index in [4.69, 9.17) is 0 Å². The molecule has 0 radical (unpaired) electrons. The summed E-state index contributed by atoms with van der Waals surface area (Å²) in [4.78, 5) is 0. The Bertz CT molecular complexity index is 677. The molecule has 0 fully saturated rings. The van der Waals surface area contributed by atoms with Crippen LogP contribution in [-0.4, -0.2) is 15.5 Å². The van der Waals surface area contributed by atoms with Gasteiger partial charge >= 0.3 is 0 Å². The van der Waals surface area contributed by atoms with Crippen molar-refractivity contribution in [2.24, 2.45) is 0 Å². The van der Waals surface area contributed by atoms with Gasteiger partial charge in [0.25, 0.3) is 0 Å². The van der Waals surface area contributed by atoms with Crippen LogP contribution in [0.1, 0.15) is 11.5 Å². The first-order chi connectivity index (χ1) is 10.4. The maximum atomic E-state index is 4.49. The molecule has 21 heavy (non-hydrogen) atoms. The van der Waals surface area contributed by atoms with Crippen molar-refractivity contribution in [1.82, 2.24) is 9.78 Å². The SMILES string of the molecule is SCC(Cn1cc(-c2ccccc2)cn1)c1ccccc1. The Hall–Kier alpha value is -2.00. The third-order valence-electron chi connectivity index (χ3n) is 3.64. The van der Waals surface area contributed by atoms with Crippen molar-refractivity contribution in [3.63, 3.8) is 0 Å². The minimum atomic E-state index is 0.373. The van der Waals surface area contributed by atoms with Gasteiger partial charge in [0.15, 0.2) is 0 Å². The summed E-state index contributed by atoms with van der Waals surface area (Å²) < 4.78 is 2.01. The number of thiol groups is 1. The van der Waals surface area contributed by atoms with Crippen LogP contribution < -0.4 is 0 Å². The first-order valence-corrected chi connectivity index (χ1v) is 7.74. The Kier molecular flexibility index (Phi) is 4.41. The summed E-state index contributed by atoms with van der Waals surface area (Å²) in [6, 6.07) is 20.8. The van der Waals surface area contributed by atoms with Gasteiger partial charge in [-0.05, 0) is 16.9 Å². The molecule has 106 valence electrons. The largest absolute Gasteiger partial charge is 0.271 e. The van der Waals surface area contributed by atoms with E-state index in [-0.39, 0.29) is 0 Å². The second kappa shape index (κ2) is 6.64. The van der Waals surface area contributed by atoms with E-state index in [1.807, 2.05) is 35.1 Å². The Balaban J connectivity index is 1.78. The van der Waals surface area contributed by atoms with E-state index in [0.717, 1.165) is 17.9 Å². The smallest absolute Gasteiger partial charge is 0.0568 e. The molecular formula is C18H18N2S. The second-order valence-electron chi connectivity index (χ2n) is 5.11. The van der Waals surface area contributed by atoms with Gasteiger partial charge in [0.05, 0.1) is 6.20 Å². The van der Waals surface area contributed by atoms with Crippen molar-refractivity contribution in [2.45, 2.75) is 12.5 Å². The third kappa shape index (κ3) is 3.37. The lowest BCUT2D eigenvalue weighted by molar-refractivity contribution is 0.549. The van der Waals surface area contributed by atoms with Gasteiger partial charge in [-0.25, -0.2) is 0 Å². The molecule has 3 heteroatoms. The van der Waals surface area contributed by atoms with Crippen LogP contribution in [0, 0.1) is 0 Å². The summed E-state index contributed by atoms with van der Waals surface area (Å²) >= 11 is 4.49. The van der Waals surface area contributed by atoms with Gasteiger partial charge in [-0.1, -0.05) is 60.7 Å². The van der Waals surface area contributed by atoms with E-state index in [0.29, 0.717) is 5.92 Å². The number of rotatable bonds is 5. The van der Waals surface area contributed by atoms with Crippen LogP contribution in [0.5, 0.6) is 0 Å². The number of hydrogen-bond donors (Lipinski definition) is 1. The van der Waals surface area contributed by atoms with E-state index >= 15 is 0 Å². The zero-order valence-corrected chi connectivity index (χ0v) is 12.7. The van der Waals surface area contributed by atoms with Crippen LogP contribution >= 0.6 is 12.6 Å². The number of benzene rings is 2. The lowest BCUT2D eigenvalue weighted by Crippen LogP contribution is -2.11. The summed E-state index contributed by atoms with van der Waals surface area (Å²) in [5.41, 5.74) is 3.66. The average Bonchev–Trinajstić information content (AvgIpc) is 3.03. The molecule has 1 unspecified atom stereocenters. The van der Waals surface area contributed by atoms with Gasteiger partial charge in [-0.2, -0.15) is 17.7 Å². The Morgan fingerprint density at radius 1 is 0.905 bits per heavy atom. The molecule has 3 rings (SSSR count). The van der Waals surface area contributed by atoms with Crippen LogP contribution in [0.3, 0.4) is 0 Å². The van der Waals surface area contributed by atoms with Gasteiger partial charge in [0, 0.05) is 24.2 Å². The molecule has 0 bridgehead atoms. The third-order valence-corrected chi connectivity index (χ3v) is 4.08. The predicted octanol–water partition coefficient (Wildman–Crippen LogP) is 4.26. The summed E-state index contributed by atoms with van der Waals surface area (Å²) in [6.45, 7) is 0.848. The maximum absolute atomic E-state index is 4.49. The predicted molar refractivity (Wildman–Crippen MR) is 90.7 cm³/mol. The van der Waals surface area contributed by atoms with Crippen LogP contribution in [0.25, 0.3) is 11.1 Å². The fraction of sp³-hybridized carbons (Fsp3) is 0.167. The van der Waals surface area contributed by atoms with Crippen LogP contribution in [0.2, 0.25) is 0 Å². The van der Waals surface area contributed by atoms with E-state index < -0.39 is 0 Å². The lowest BCUT2D eigenvalue weighted by atomic mass is 10.0. The molecule has 1 atom stereocenters. The summed E-state index contributed by atoms with van der Waals surface area (Å²) in [6.07, 6.45) is 4.03. The van der Waals surface area contributed by atoms with Crippen LogP contribution in [-0.2, 0) is 6.54 Å². The molecule has 0 N–H and O–H groups in total. The Labute approximate surface area is 130 Å².